The lowest BCUT2D eigenvalue weighted by molar-refractivity contribution is -0.139. The largest absolute Gasteiger partial charge is 0.495 e. The molecular formula is C12H17NO6S. The molecule has 1 rings (SSSR count). The van der Waals surface area contributed by atoms with Crippen molar-refractivity contribution >= 4 is 16.0 Å². The highest BCUT2D eigenvalue weighted by molar-refractivity contribution is 7.89. The minimum atomic E-state index is -4.06. The van der Waals surface area contributed by atoms with Crippen LogP contribution in [0.25, 0.3) is 0 Å². The van der Waals surface area contributed by atoms with Gasteiger partial charge < -0.3 is 14.9 Å². The Labute approximate surface area is 117 Å². The number of aliphatic hydroxyl groups excluding tert-OH is 1. The minimum absolute atomic E-state index is 0.122. The Hall–Kier alpha value is -1.64. The van der Waals surface area contributed by atoms with Crippen molar-refractivity contribution in [2.24, 2.45) is 0 Å². The summed E-state index contributed by atoms with van der Waals surface area (Å²) >= 11 is 0. The predicted octanol–water partition coefficient (Wildman–Crippen LogP) is 0.118. The first kappa shape index (κ1) is 16.4. The molecule has 0 aliphatic carbocycles. The van der Waals surface area contributed by atoms with Crippen molar-refractivity contribution in [2.75, 3.05) is 13.7 Å². The molecule has 7 nitrogen and oxygen atoms in total. The number of carboxylic acid groups (broad SMARTS) is 1. The van der Waals surface area contributed by atoms with Gasteiger partial charge in [-0.15, -0.1) is 0 Å². The molecule has 112 valence electrons. The fourth-order valence-corrected chi connectivity index (χ4v) is 3.08. The Morgan fingerprint density at radius 2 is 2.10 bits per heavy atom. The van der Waals surface area contributed by atoms with Crippen LogP contribution < -0.4 is 9.46 Å². The zero-order valence-corrected chi connectivity index (χ0v) is 12.0. The smallest absolute Gasteiger partial charge is 0.321 e. The van der Waals surface area contributed by atoms with Crippen molar-refractivity contribution in [1.29, 1.82) is 0 Å². The van der Waals surface area contributed by atoms with Crippen LogP contribution >= 0.6 is 0 Å². The summed E-state index contributed by atoms with van der Waals surface area (Å²) in [7, 11) is -2.73. The molecule has 0 heterocycles. The number of rotatable bonds is 7. The number of nitrogens with one attached hydrogen (secondary N) is 1. The van der Waals surface area contributed by atoms with Crippen LogP contribution in [0.5, 0.6) is 5.75 Å². The molecular weight excluding hydrogens is 286 g/mol. The van der Waals surface area contributed by atoms with E-state index in [1.165, 1.54) is 19.2 Å². The second-order valence-corrected chi connectivity index (χ2v) is 5.86. The Morgan fingerprint density at radius 1 is 1.45 bits per heavy atom. The van der Waals surface area contributed by atoms with Gasteiger partial charge in [-0.25, -0.2) is 8.42 Å². The number of hydrogen-bond acceptors (Lipinski definition) is 5. The number of sulfonamides is 1. The highest BCUT2D eigenvalue weighted by Gasteiger charge is 2.27. The van der Waals surface area contributed by atoms with Gasteiger partial charge in [-0.05, 0) is 31.0 Å². The first-order chi connectivity index (χ1) is 9.31. The lowest BCUT2D eigenvalue weighted by Crippen LogP contribution is -2.41. The molecule has 0 saturated heterocycles. The number of methoxy groups -OCH3 is 1. The Morgan fingerprint density at radius 3 is 2.60 bits per heavy atom. The molecule has 1 aromatic rings. The van der Waals surface area contributed by atoms with Gasteiger partial charge in [0, 0.05) is 6.61 Å². The van der Waals surface area contributed by atoms with Gasteiger partial charge in [0.2, 0.25) is 10.0 Å². The number of aryl methyl sites for hydroxylation is 1. The summed E-state index contributed by atoms with van der Waals surface area (Å²) < 4.78 is 31.5. The van der Waals surface area contributed by atoms with E-state index in [9.17, 15) is 13.2 Å². The highest BCUT2D eigenvalue weighted by atomic mass is 32.2. The van der Waals surface area contributed by atoms with E-state index in [0.29, 0.717) is 5.56 Å². The van der Waals surface area contributed by atoms with Gasteiger partial charge in [-0.1, -0.05) is 6.07 Å². The fourth-order valence-electron chi connectivity index (χ4n) is 1.61. The van der Waals surface area contributed by atoms with Crippen LogP contribution in [0.1, 0.15) is 12.0 Å². The van der Waals surface area contributed by atoms with Crippen molar-refractivity contribution < 1.29 is 28.2 Å². The van der Waals surface area contributed by atoms with E-state index >= 15 is 0 Å². The average molecular weight is 303 g/mol. The molecule has 1 atom stereocenters. The normalized spacial score (nSPS) is 12.9. The minimum Gasteiger partial charge on any atom is -0.495 e. The molecule has 0 amide bonds. The van der Waals surface area contributed by atoms with Crippen LogP contribution in [0, 0.1) is 6.92 Å². The molecule has 0 spiro atoms. The highest BCUT2D eigenvalue weighted by Crippen LogP contribution is 2.24. The third-order valence-corrected chi connectivity index (χ3v) is 4.11. The maximum absolute atomic E-state index is 12.2. The number of benzene rings is 1. The molecule has 0 aliphatic rings. The fraction of sp³-hybridized carbons (Fsp3) is 0.417. The standard InChI is InChI=1S/C12H17NO6S/c1-8-3-4-10(19-2)11(7-8)20(17,18)13-9(5-6-14)12(15)16/h3-4,7,9,13-14H,5-6H2,1-2H3,(H,15,16)/t9-/m0/s1. The zero-order valence-electron chi connectivity index (χ0n) is 11.2. The summed E-state index contributed by atoms with van der Waals surface area (Å²) in [6.07, 6.45) is -0.220. The lowest BCUT2D eigenvalue weighted by Gasteiger charge is -2.15. The monoisotopic (exact) mass is 303 g/mol. The lowest BCUT2D eigenvalue weighted by atomic mass is 10.2. The van der Waals surface area contributed by atoms with E-state index in [4.69, 9.17) is 14.9 Å². The summed E-state index contributed by atoms with van der Waals surface area (Å²) in [6.45, 7) is 1.27. The molecule has 8 heteroatoms. The zero-order chi connectivity index (χ0) is 15.3. The molecule has 0 aliphatic heterocycles. The molecule has 1 aromatic carbocycles. The third kappa shape index (κ3) is 3.92. The quantitative estimate of drug-likeness (QED) is 0.659. The maximum Gasteiger partial charge on any atom is 0.321 e. The Kier molecular flexibility index (Phi) is 5.49. The average Bonchev–Trinajstić information content (AvgIpc) is 2.38. The molecule has 0 aromatic heterocycles. The first-order valence-electron chi connectivity index (χ1n) is 5.82. The summed E-state index contributed by atoms with van der Waals surface area (Å²) in [4.78, 5) is 10.8. The number of aliphatic carboxylic acids is 1. The van der Waals surface area contributed by atoms with E-state index in [1.807, 2.05) is 4.72 Å². The number of carboxylic acids is 1. The summed E-state index contributed by atoms with van der Waals surface area (Å²) in [5.74, 6) is -1.23. The number of ether oxygens (including phenoxy) is 1. The maximum atomic E-state index is 12.2. The molecule has 0 fully saturated rings. The van der Waals surface area contributed by atoms with Crippen LogP contribution in [0.3, 0.4) is 0 Å². The first-order valence-corrected chi connectivity index (χ1v) is 7.30. The van der Waals surface area contributed by atoms with E-state index < -0.39 is 28.6 Å². The van der Waals surface area contributed by atoms with E-state index in [0.717, 1.165) is 0 Å². The third-order valence-electron chi connectivity index (χ3n) is 2.62. The molecule has 3 N–H and O–H groups in total. The van der Waals surface area contributed by atoms with Crippen LogP contribution in [0.2, 0.25) is 0 Å². The summed E-state index contributed by atoms with van der Waals surface area (Å²) in [5.41, 5.74) is 0.695. The van der Waals surface area contributed by atoms with Crippen molar-refractivity contribution in [2.45, 2.75) is 24.3 Å². The molecule has 0 radical (unpaired) electrons. The van der Waals surface area contributed by atoms with Crippen LogP contribution in [-0.4, -0.2) is 44.4 Å². The van der Waals surface area contributed by atoms with Gasteiger partial charge >= 0.3 is 5.97 Å². The van der Waals surface area contributed by atoms with Gasteiger partial charge in [0.05, 0.1) is 7.11 Å². The van der Waals surface area contributed by atoms with Crippen molar-refractivity contribution in [3.8, 4) is 5.75 Å². The number of carbonyl (C=O) groups is 1. The van der Waals surface area contributed by atoms with Crippen molar-refractivity contribution in [3.63, 3.8) is 0 Å². The summed E-state index contributed by atoms with van der Waals surface area (Å²) in [6, 6.07) is 3.17. The van der Waals surface area contributed by atoms with E-state index in [-0.39, 0.29) is 17.1 Å². The van der Waals surface area contributed by atoms with Crippen LogP contribution in [0.15, 0.2) is 23.1 Å². The number of aliphatic hydroxyl groups is 1. The summed E-state index contributed by atoms with van der Waals surface area (Å²) in [5, 5.41) is 17.7. The number of hydrogen-bond donors (Lipinski definition) is 3. The van der Waals surface area contributed by atoms with Gasteiger partial charge in [0.15, 0.2) is 0 Å². The Bertz CT molecular complexity index is 584. The van der Waals surface area contributed by atoms with E-state index in [1.54, 1.807) is 13.0 Å². The SMILES string of the molecule is COc1ccc(C)cc1S(=O)(=O)N[C@@H](CCO)C(=O)O. The molecule has 0 unspecified atom stereocenters. The van der Waals surface area contributed by atoms with Gasteiger partial charge in [0.1, 0.15) is 16.7 Å². The second-order valence-electron chi connectivity index (χ2n) is 4.18. The Balaban J connectivity index is 3.16. The molecule has 0 saturated carbocycles. The molecule has 0 bridgehead atoms. The van der Waals surface area contributed by atoms with E-state index in [2.05, 4.69) is 0 Å². The van der Waals surface area contributed by atoms with Crippen molar-refractivity contribution in [1.82, 2.24) is 4.72 Å². The van der Waals surface area contributed by atoms with Gasteiger partial charge in [-0.2, -0.15) is 4.72 Å². The second kappa shape index (κ2) is 6.69. The van der Waals surface area contributed by atoms with Gasteiger partial charge in [-0.3, -0.25) is 4.79 Å². The molecule has 20 heavy (non-hydrogen) atoms. The van der Waals surface area contributed by atoms with Gasteiger partial charge in [0.25, 0.3) is 0 Å². The topological polar surface area (TPSA) is 113 Å². The van der Waals surface area contributed by atoms with Crippen molar-refractivity contribution in [3.05, 3.63) is 23.8 Å². The predicted molar refractivity (Wildman–Crippen MR) is 71.2 cm³/mol. The van der Waals surface area contributed by atoms with Crippen LogP contribution in [0.4, 0.5) is 0 Å². The van der Waals surface area contributed by atoms with Crippen LogP contribution in [-0.2, 0) is 14.8 Å².